The van der Waals surface area contributed by atoms with Crippen molar-refractivity contribution in [3.63, 3.8) is 0 Å². The Morgan fingerprint density at radius 2 is 1.09 bits per heavy atom. The minimum absolute atomic E-state index is 0. The van der Waals surface area contributed by atoms with Crippen LogP contribution in [-0.2, 0) is 37.1 Å². The first kappa shape index (κ1) is 51.9. The Morgan fingerprint density at radius 3 is 1.52 bits per heavy atom. The Balaban J connectivity index is 0.000000309. The maximum absolute atomic E-state index is 10.8. The quantitative estimate of drug-likeness (QED) is 0.0299. The normalized spacial score (nSPS) is 10.2. The van der Waals surface area contributed by atoms with Gasteiger partial charge in [-0.25, -0.2) is 4.79 Å². The van der Waals surface area contributed by atoms with E-state index >= 15 is 0 Å². The number of unbranched alkanes of at least 4 members (excludes halogenated alkanes) is 6. The average Bonchev–Trinajstić information content (AvgIpc) is 4.09. The molecule has 0 aliphatic heterocycles. The van der Waals surface area contributed by atoms with Crippen molar-refractivity contribution in [3.8, 4) is 49.4 Å². The van der Waals surface area contributed by atoms with E-state index in [1.165, 1.54) is 118 Å². The van der Waals surface area contributed by atoms with Crippen LogP contribution >= 0.6 is 47.1 Å². The zero-order valence-corrected chi connectivity index (χ0v) is 40.5. The summed E-state index contributed by atoms with van der Waals surface area (Å²) in [6, 6.07) is 23.0. The average molecular weight is 1030 g/mol. The van der Waals surface area contributed by atoms with Crippen molar-refractivity contribution in [2.45, 2.75) is 78.1 Å². The van der Waals surface area contributed by atoms with Gasteiger partial charge in [-0.2, -0.15) is 10.3 Å². The summed E-state index contributed by atoms with van der Waals surface area (Å²) in [4.78, 5) is 40.8. The topological polar surface area (TPSA) is 186 Å². The van der Waals surface area contributed by atoms with Crippen molar-refractivity contribution in [2.24, 2.45) is 0 Å². The smallest absolute Gasteiger partial charge is 0.753 e. The molecule has 8 aromatic heterocycles. The first-order valence-corrected chi connectivity index (χ1v) is 22.9. The summed E-state index contributed by atoms with van der Waals surface area (Å²) < 4.78 is 19.4. The number of pyridine rings is 4. The van der Waals surface area contributed by atoms with Gasteiger partial charge in [-0.3, -0.25) is 24.7 Å². The van der Waals surface area contributed by atoms with Crippen molar-refractivity contribution >= 4 is 90.4 Å². The van der Waals surface area contributed by atoms with E-state index in [9.17, 15) is 9.59 Å². The molecule has 12 nitrogen and oxygen atoms in total. The minimum Gasteiger partial charge on any atom is -0.753 e. The summed E-state index contributed by atoms with van der Waals surface area (Å²) in [6.07, 6.45) is 18.7. The van der Waals surface area contributed by atoms with Gasteiger partial charge >= 0.3 is 25.4 Å². The molecule has 334 valence electrons. The van der Waals surface area contributed by atoms with Crippen LogP contribution in [0.15, 0.2) is 106 Å². The number of thiocarbonyl (C=S) groups is 2. The van der Waals surface area contributed by atoms with E-state index in [-0.39, 0.29) is 25.0 Å². The fraction of sp³-hybridized carbons (Fsp3) is 0.250. The Labute approximate surface area is 408 Å². The number of carbonyl (C=O) groups excluding carboxylic acids is 1. The summed E-state index contributed by atoms with van der Waals surface area (Å²) in [6.45, 7) is 4.79. The van der Waals surface area contributed by atoms with Crippen LogP contribution < -0.4 is 4.74 Å². The molecule has 0 unspecified atom stereocenters. The van der Waals surface area contributed by atoms with E-state index in [2.05, 4.69) is 111 Å². The van der Waals surface area contributed by atoms with Crippen molar-refractivity contribution in [1.29, 1.82) is 0 Å². The molecule has 17 heteroatoms. The number of furan rings is 2. The Kier molecular flexibility index (Phi) is 22.0. The second kappa shape index (κ2) is 27.5. The first-order valence-electron chi connectivity index (χ1n) is 20.5. The Morgan fingerprint density at radius 1 is 0.662 bits per heavy atom. The number of aromatic nitrogens is 4. The summed E-state index contributed by atoms with van der Waals surface area (Å²) >= 11 is 11.0. The number of aromatic carboxylic acids is 1. The van der Waals surface area contributed by atoms with Crippen LogP contribution in [0.4, 0.5) is 0 Å². The Hall–Kier alpha value is -5.76. The van der Waals surface area contributed by atoms with Gasteiger partial charge in [-0.1, -0.05) is 76.8 Å². The molecule has 0 atom stereocenters. The van der Waals surface area contributed by atoms with E-state index in [0.717, 1.165) is 58.0 Å². The standard InChI is InChI=1S/C34H36N2O2S2.C12H8N2O4.2CNS.Ru/c1-3-5-7-9-11-25-19-33-29(37-25)21-31(39-33)23-13-15-35-27(17-23)28-18-24(14-16-36-28)32-22-30-34(40-32)20-26(38-30)12-10-8-6-4-2;15-7-18-9-2-4-14-11(6-9)10-5-8(12(16)17)1-3-13-10;2*2-1-3;/h13-22H,3-12H2,1-2H3;1-7H,(H,16,17);;;/q;;2*-1;+2. The van der Waals surface area contributed by atoms with Gasteiger partial charge in [0.15, 0.2) is 0 Å². The molecule has 0 amide bonds. The van der Waals surface area contributed by atoms with Gasteiger partial charge in [-0.05, 0) is 78.6 Å². The molecule has 0 radical (unpaired) electrons. The van der Waals surface area contributed by atoms with Crippen LogP contribution in [0.5, 0.6) is 5.75 Å². The molecule has 0 fully saturated rings. The van der Waals surface area contributed by atoms with Crippen LogP contribution in [0, 0.1) is 0 Å². The number of rotatable bonds is 17. The molecular weight excluding hydrogens is 986 g/mol. The molecule has 0 saturated carbocycles. The van der Waals surface area contributed by atoms with Crippen molar-refractivity contribution in [2.75, 3.05) is 0 Å². The van der Waals surface area contributed by atoms with Crippen LogP contribution in [0.1, 0.15) is 87.1 Å². The molecule has 1 N–H and O–H groups in total. The van der Waals surface area contributed by atoms with Gasteiger partial charge in [0.25, 0.3) is 6.47 Å². The number of aryl methyl sites for hydroxylation is 2. The molecule has 0 spiro atoms. The maximum atomic E-state index is 10.8. The number of isothiocyanates is 2. The molecular formula is C48H44N6O6RuS4. The van der Waals surface area contributed by atoms with Gasteiger partial charge in [0.05, 0.1) is 37.7 Å². The maximum Gasteiger partial charge on any atom is 2.00 e. The number of hydrogen-bond acceptors (Lipinski definition) is 13. The molecule has 0 aliphatic rings. The predicted octanol–water partition coefficient (Wildman–Crippen LogP) is 14.0. The summed E-state index contributed by atoms with van der Waals surface area (Å²) in [5.74, 6) is 1.48. The number of fused-ring (bicyclic) bond motifs is 2. The molecule has 0 saturated heterocycles. The first-order chi connectivity index (χ1) is 31.2. The predicted molar refractivity (Wildman–Crippen MR) is 262 cm³/mol. The minimum atomic E-state index is -1.04. The van der Waals surface area contributed by atoms with E-state index < -0.39 is 5.97 Å². The third-order valence-corrected chi connectivity index (χ3v) is 11.8. The molecule has 8 rings (SSSR count). The molecule has 65 heavy (non-hydrogen) atoms. The molecule has 8 aromatic rings. The zero-order valence-electron chi connectivity index (χ0n) is 35.5. The van der Waals surface area contributed by atoms with E-state index in [1.807, 2.05) is 12.4 Å². The summed E-state index contributed by atoms with van der Waals surface area (Å²) in [7, 11) is 0. The summed E-state index contributed by atoms with van der Waals surface area (Å²) in [5.41, 5.74) is 6.92. The van der Waals surface area contributed by atoms with Crippen LogP contribution in [0.3, 0.4) is 0 Å². The molecule has 0 aromatic carbocycles. The zero-order chi connectivity index (χ0) is 45.7. The third kappa shape index (κ3) is 15.4. The molecule has 8 heterocycles. The summed E-state index contributed by atoms with van der Waals surface area (Å²) in [5, 5.41) is 25.8. The second-order valence-electron chi connectivity index (χ2n) is 14.1. The second-order valence-corrected chi connectivity index (χ2v) is 16.6. The monoisotopic (exact) mass is 1030 g/mol. The number of carboxylic acids is 1. The van der Waals surface area contributed by atoms with E-state index in [4.69, 9.17) is 24.8 Å². The van der Waals surface area contributed by atoms with Crippen LogP contribution in [-0.4, -0.2) is 47.8 Å². The largest absolute Gasteiger partial charge is 2.00 e. The van der Waals surface area contributed by atoms with Gasteiger partial charge in [-0.15, -0.1) is 22.7 Å². The molecule has 0 bridgehead atoms. The number of ether oxygens (including phenoxy) is 1. The van der Waals surface area contributed by atoms with E-state index in [0.29, 0.717) is 23.6 Å². The fourth-order valence-corrected chi connectivity index (χ4v) is 8.66. The van der Waals surface area contributed by atoms with Gasteiger partial charge in [0, 0.05) is 65.6 Å². The van der Waals surface area contributed by atoms with Crippen LogP contribution in [0.2, 0.25) is 0 Å². The van der Waals surface area contributed by atoms with Crippen molar-refractivity contribution in [3.05, 3.63) is 125 Å². The van der Waals surface area contributed by atoms with Gasteiger partial charge in [0.2, 0.25) is 0 Å². The molecule has 0 aliphatic carbocycles. The van der Waals surface area contributed by atoms with Gasteiger partial charge in [0.1, 0.15) is 28.4 Å². The number of thiophene rings is 2. The Bertz CT molecular complexity index is 2640. The fourth-order valence-electron chi connectivity index (χ4n) is 6.59. The number of hydrogen-bond donors (Lipinski definition) is 1. The number of carboxylic acid groups (broad SMARTS) is 1. The van der Waals surface area contributed by atoms with E-state index in [1.54, 1.807) is 22.7 Å². The third-order valence-electron chi connectivity index (χ3n) is 9.61. The number of carbonyl (C=O) groups is 2. The van der Waals surface area contributed by atoms with Gasteiger partial charge < -0.3 is 29.5 Å². The van der Waals surface area contributed by atoms with Crippen molar-refractivity contribution in [1.82, 2.24) is 19.9 Å². The SMILES string of the molecule is CCCCCCc1cc2sc(-c3ccnc(-c4cc(-c5cc6oc(CCCCCC)cc6s5)ccn4)c3)cc2o1.O=COc1ccnc(-c2cc(C(=O)O)ccn2)c1.[N-]=C=S.[N-]=C=S.[Ru+2]. The van der Waals surface area contributed by atoms with Crippen molar-refractivity contribution < 1.29 is 47.7 Å². The van der Waals surface area contributed by atoms with Crippen LogP contribution in [0.25, 0.3) is 75.0 Å². The number of nitrogens with zero attached hydrogens (tertiary/aromatic N) is 6.